The molecule has 1 aliphatic heterocycles. The summed E-state index contributed by atoms with van der Waals surface area (Å²) in [6.07, 6.45) is 4.16. The van der Waals surface area contributed by atoms with Crippen molar-refractivity contribution in [2.24, 2.45) is 5.73 Å². The van der Waals surface area contributed by atoms with Crippen LogP contribution in [0.2, 0.25) is 5.02 Å². The van der Waals surface area contributed by atoms with Crippen LogP contribution in [0.15, 0.2) is 66.5 Å². The van der Waals surface area contributed by atoms with Crippen molar-refractivity contribution in [1.29, 1.82) is 0 Å². The predicted molar refractivity (Wildman–Crippen MR) is 158 cm³/mol. The number of carbonyl (C=O) groups is 1. The molecule has 1 saturated heterocycles. The number of nitrogens with two attached hydrogens (primary N) is 1. The first kappa shape index (κ1) is 27.5. The number of piperazine rings is 1. The number of imidazole rings is 1. The van der Waals surface area contributed by atoms with Gasteiger partial charge in [-0.25, -0.2) is 4.98 Å². The Morgan fingerprint density at radius 2 is 1.95 bits per heavy atom. The van der Waals surface area contributed by atoms with Crippen molar-refractivity contribution in [1.82, 2.24) is 19.4 Å². The molecule has 1 fully saturated rings. The highest BCUT2D eigenvalue weighted by atomic mass is 35.5. The minimum Gasteiger partial charge on any atom is -0.491 e. The quantitative estimate of drug-likeness (QED) is 0.391. The number of primary amides is 1. The van der Waals surface area contributed by atoms with Crippen LogP contribution in [0, 0.1) is 0 Å². The van der Waals surface area contributed by atoms with Crippen molar-refractivity contribution in [2.75, 3.05) is 46.4 Å². The van der Waals surface area contributed by atoms with Crippen molar-refractivity contribution in [2.45, 2.75) is 19.1 Å². The zero-order valence-electron chi connectivity index (χ0n) is 22.0. The van der Waals surface area contributed by atoms with Gasteiger partial charge in [0.1, 0.15) is 24.8 Å². The van der Waals surface area contributed by atoms with Crippen LogP contribution in [-0.4, -0.2) is 82.6 Å². The molecule has 204 valence electrons. The molecular weight excluding hydrogens is 534 g/mol. The maximum absolute atomic E-state index is 12.3. The van der Waals surface area contributed by atoms with Gasteiger partial charge in [-0.3, -0.25) is 14.3 Å². The SMILES string of the molecule is C[C@@H](OC1C=C(n2cnc3ccccc32)C=C(C(N)=O)C1=S)c1cccc(OCCN2CCN(C)CC2)c1Cl. The first-order chi connectivity index (χ1) is 18.8. The number of likely N-dealkylation sites (N-methyl/N-ethyl adjacent to an activating group) is 1. The Kier molecular flexibility index (Phi) is 8.44. The fourth-order valence-electron chi connectivity index (χ4n) is 4.86. The van der Waals surface area contributed by atoms with Gasteiger partial charge >= 0.3 is 0 Å². The van der Waals surface area contributed by atoms with Gasteiger partial charge in [-0.1, -0.05) is 48.1 Å². The number of thiocarbonyl (C=S) groups is 1. The van der Waals surface area contributed by atoms with E-state index in [1.807, 2.05) is 60.0 Å². The number of para-hydroxylation sites is 2. The number of ether oxygens (including phenoxy) is 2. The lowest BCUT2D eigenvalue weighted by atomic mass is 9.98. The van der Waals surface area contributed by atoms with Crippen LogP contribution >= 0.6 is 23.8 Å². The fourth-order valence-corrected chi connectivity index (χ4v) is 5.48. The summed E-state index contributed by atoms with van der Waals surface area (Å²) in [5.74, 6) is 0.00820. The molecule has 1 aromatic heterocycles. The summed E-state index contributed by atoms with van der Waals surface area (Å²) < 4.78 is 14.4. The Hall–Kier alpha value is -3.08. The van der Waals surface area contributed by atoms with Crippen molar-refractivity contribution in [3.05, 3.63) is 77.1 Å². The second-order valence-electron chi connectivity index (χ2n) is 9.83. The standard InChI is InChI=1S/C29H32ClN5O3S/c1-19(21-6-5-9-25(27(21)30)37-15-14-34-12-10-33(2)11-13-34)38-26-17-20(16-22(28(26)39)29(31)36)35-18-32-23-7-3-4-8-24(23)35/h3-9,16-19,26H,10-15H2,1-2H3,(H2,31,36)/t19-,26?/m1/s1. The van der Waals surface area contributed by atoms with Gasteiger partial charge in [-0.05, 0) is 44.3 Å². The number of rotatable bonds is 9. The van der Waals surface area contributed by atoms with Gasteiger partial charge in [-0.15, -0.1) is 0 Å². The molecule has 1 amide bonds. The Morgan fingerprint density at radius 1 is 1.18 bits per heavy atom. The van der Waals surface area contributed by atoms with Gasteiger partial charge in [0.15, 0.2) is 0 Å². The molecular formula is C29H32ClN5O3S. The number of nitrogens with zero attached hydrogens (tertiary/aromatic N) is 4. The third-order valence-electron chi connectivity index (χ3n) is 7.18. The van der Waals surface area contributed by atoms with E-state index in [1.54, 1.807) is 12.4 Å². The summed E-state index contributed by atoms with van der Waals surface area (Å²) in [6, 6.07) is 13.4. The molecule has 0 saturated carbocycles. The van der Waals surface area contributed by atoms with E-state index in [4.69, 9.17) is 39.0 Å². The lowest BCUT2D eigenvalue weighted by Gasteiger charge is -2.32. The smallest absolute Gasteiger partial charge is 0.250 e. The highest BCUT2D eigenvalue weighted by Crippen LogP contribution is 2.35. The van der Waals surface area contributed by atoms with Crippen LogP contribution in [0.5, 0.6) is 5.75 Å². The number of benzene rings is 2. The molecule has 0 radical (unpaired) electrons. The van der Waals surface area contributed by atoms with Crippen LogP contribution in [0.3, 0.4) is 0 Å². The fraction of sp³-hybridized carbons (Fsp3) is 0.345. The van der Waals surface area contributed by atoms with Crippen LogP contribution in [0.1, 0.15) is 18.6 Å². The summed E-state index contributed by atoms with van der Waals surface area (Å²) in [7, 11) is 2.14. The molecule has 39 heavy (non-hydrogen) atoms. The Morgan fingerprint density at radius 3 is 2.72 bits per heavy atom. The lowest BCUT2D eigenvalue weighted by molar-refractivity contribution is -0.114. The van der Waals surface area contributed by atoms with Crippen LogP contribution in [0.25, 0.3) is 16.7 Å². The van der Waals surface area contributed by atoms with Gasteiger partial charge in [-0.2, -0.15) is 0 Å². The number of allylic oxidation sites excluding steroid dienone is 2. The molecule has 2 aliphatic rings. The Labute approximate surface area is 238 Å². The topological polar surface area (TPSA) is 85.8 Å². The van der Waals surface area contributed by atoms with Gasteiger partial charge in [0.05, 0.1) is 32.6 Å². The van der Waals surface area contributed by atoms with Crippen molar-refractivity contribution in [3.8, 4) is 5.75 Å². The van der Waals surface area contributed by atoms with Crippen molar-refractivity contribution in [3.63, 3.8) is 0 Å². The van der Waals surface area contributed by atoms with E-state index < -0.39 is 18.1 Å². The lowest BCUT2D eigenvalue weighted by Crippen LogP contribution is -2.45. The highest BCUT2D eigenvalue weighted by Gasteiger charge is 2.29. The maximum atomic E-state index is 12.3. The second kappa shape index (κ2) is 12.0. The summed E-state index contributed by atoms with van der Waals surface area (Å²) in [5.41, 5.74) is 9.14. The molecule has 1 aliphatic carbocycles. The van der Waals surface area contributed by atoms with Crippen LogP contribution < -0.4 is 10.5 Å². The van der Waals surface area contributed by atoms with E-state index in [0.29, 0.717) is 27.9 Å². The van der Waals surface area contributed by atoms with E-state index >= 15 is 0 Å². The molecule has 0 spiro atoms. The molecule has 10 heteroatoms. The van der Waals surface area contributed by atoms with Crippen molar-refractivity contribution < 1.29 is 14.3 Å². The van der Waals surface area contributed by atoms with Crippen molar-refractivity contribution >= 4 is 51.3 Å². The number of hydrogen-bond donors (Lipinski definition) is 1. The number of amides is 1. The molecule has 2 N–H and O–H groups in total. The minimum atomic E-state index is -0.670. The zero-order chi connectivity index (χ0) is 27.5. The van der Waals surface area contributed by atoms with E-state index in [2.05, 4.69) is 21.8 Å². The summed E-state index contributed by atoms with van der Waals surface area (Å²) in [5, 5.41) is 0.501. The monoisotopic (exact) mass is 565 g/mol. The number of fused-ring (bicyclic) bond motifs is 1. The maximum Gasteiger partial charge on any atom is 0.250 e. The molecule has 8 nitrogen and oxygen atoms in total. The molecule has 2 heterocycles. The van der Waals surface area contributed by atoms with E-state index in [0.717, 1.165) is 49.3 Å². The van der Waals surface area contributed by atoms with Gasteiger partial charge < -0.3 is 20.1 Å². The molecule has 0 bridgehead atoms. The Bertz CT molecular complexity index is 1440. The summed E-state index contributed by atoms with van der Waals surface area (Å²) >= 11 is 12.4. The van der Waals surface area contributed by atoms with Gasteiger partial charge in [0, 0.05) is 44.0 Å². The summed E-state index contributed by atoms with van der Waals surface area (Å²) in [6.45, 7) is 7.49. The normalized spacial score (nSPS) is 19.6. The highest BCUT2D eigenvalue weighted by molar-refractivity contribution is 7.81. The van der Waals surface area contributed by atoms with E-state index in [9.17, 15) is 4.79 Å². The minimum absolute atomic E-state index is 0.240. The number of hydrogen-bond acceptors (Lipinski definition) is 7. The molecule has 2 atom stereocenters. The zero-order valence-corrected chi connectivity index (χ0v) is 23.6. The second-order valence-corrected chi connectivity index (χ2v) is 10.7. The first-order valence-corrected chi connectivity index (χ1v) is 13.8. The number of aromatic nitrogens is 2. The molecule has 5 rings (SSSR count). The molecule has 1 unspecified atom stereocenters. The number of halogens is 1. The predicted octanol–water partition coefficient (Wildman–Crippen LogP) is 4.10. The third-order valence-corrected chi connectivity index (χ3v) is 8.03. The third kappa shape index (κ3) is 6.08. The molecule has 3 aromatic rings. The average Bonchev–Trinajstić information content (AvgIpc) is 3.36. The number of carbonyl (C=O) groups excluding carboxylic acids is 1. The average molecular weight is 566 g/mol. The van der Waals surface area contributed by atoms with Gasteiger partial charge in [0.25, 0.3) is 0 Å². The largest absolute Gasteiger partial charge is 0.491 e. The van der Waals surface area contributed by atoms with Gasteiger partial charge in [0.2, 0.25) is 5.91 Å². The van der Waals surface area contributed by atoms with Crippen LogP contribution in [-0.2, 0) is 9.53 Å². The van der Waals surface area contributed by atoms with E-state index in [-0.39, 0.29) is 5.57 Å². The summed E-state index contributed by atoms with van der Waals surface area (Å²) in [4.78, 5) is 21.8. The van der Waals surface area contributed by atoms with Crippen LogP contribution in [0.4, 0.5) is 0 Å². The van der Waals surface area contributed by atoms with E-state index in [1.165, 1.54) is 0 Å². The first-order valence-electron chi connectivity index (χ1n) is 13.0. The Balaban J connectivity index is 1.32. The molecule has 2 aromatic carbocycles.